The van der Waals surface area contributed by atoms with E-state index in [1.807, 2.05) is 54.6 Å². The number of para-hydroxylation sites is 1. The fraction of sp³-hybridized carbons (Fsp3) is 0.0870. The highest BCUT2D eigenvalue weighted by Crippen LogP contribution is 2.38. The summed E-state index contributed by atoms with van der Waals surface area (Å²) in [5.41, 5.74) is 2.51. The van der Waals surface area contributed by atoms with Gasteiger partial charge in [-0.25, -0.2) is 15.0 Å². The summed E-state index contributed by atoms with van der Waals surface area (Å²) in [7, 11) is 3.21. The van der Waals surface area contributed by atoms with Gasteiger partial charge in [0.15, 0.2) is 21.0 Å². The minimum absolute atomic E-state index is 0.577. The number of ether oxygens (including phenoxy) is 2. The molecule has 0 saturated heterocycles. The summed E-state index contributed by atoms with van der Waals surface area (Å²) < 4.78 is 13.0. The second-order valence-electron chi connectivity index (χ2n) is 6.76. The monoisotopic (exact) mass is 480 g/mol. The normalized spacial score (nSPS) is 11.1. The topological polar surface area (TPSA) is 69.2 Å². The Balaban J connectivity index is 1.62. The zero-order valence-electron chi connectivity index (χ0n) is 17.1. The highest BCUT2D eigenvalue weighted by molar-refractivity contribution is 8.01. The Kier molecular flexibility index (Phi) is 5.73. The standard InChI is InChI=1S/C23H17ClN4O2S2/c1-29-18-11-15-17(12-19(18)30-2)26-22(28-21(15)25-14-7-5-6-13(24)10-14)32-23-27-16-8-3-4-9-20(16)31-23/h3-12H,1-2H3,(H,25,26,28). The number of rotatable bonds is 6. The summed E-state index contributed by atoms with van der Waals surface area (Å²) in [6.07, 6.45) is 0. The van der Waals surface area contributed by atoms with Crippen LogP contribution in [-0.4, -0.2) is 29.2 Å². The highest BCUT2D eigenvalue weighted by Gasteiger charge is 2.16. The van der Waals surface area contributed by atoms with Gasteiger partial charge in [-0.2, -0.15) is 0 Å². The third-order valence-electron chi connectivity index (χ3n) is 4.72. The lowest BCUT2D eigenvalue weighted by molar-refractivity contribution is 0.355. The molecule has 9 heteroatoms. The molecule has 0 unspecified atom stereocenters. The first-order valence-corrected chi connectivity index (χ1v) is 11.6. The predicted molar refractivity (Wildman–Crippen MR) is 131 cm³/mol. The van der Waals surface area contributed by atoms with E-state index in [4.69, 9.17) is 36.0 Å². The van der Waals surface area contributed by atoms with Gasteiger partial charge in [0.2, 0.25) is 0 Å². The highest BCUT2D eigenvalue weighted by atomic mass is 35.5. The second kappa shape index (κ2) is 8.82. The van der Waals surface area contributed by atoms with Crippen LogP contribution < -0.4 is 14.8 Å². The van der Waals surface area contributed by atoms with Crippen molar-refractivity contribution in [2.75, 3.05) is 19.5 Å². The van der Waals surface area contributed by atoms with Crippen molar-refractivity contribution in [1.29, 1.82) is 0 Å². The number of anilines is 2. The number of hydrogen-bond acceptors (Lipinski definition) is 8. The second-order valence-corrected chi connectivity index (χ2v) is 9.45. The number of fused-ring (bicyclic) bond motifs is 2. The predicted octanol–water partition coefficient (Wildman–Crippen LogP) is 6.80. The Labute approximate surface area is 197 Å². The Bertz CT molecular complexity index is 1410. The Morgan fingerprint density at radius 1 is 0.875 bits per heavy atom. The molecular weight excluding hydrogens is 464 g/mol. The fourth-order valence-corrected chi connectivity index (χ4v) is 5.38. The van der Waals surface area contributed by atoms with E-state index in [0.717, 1.165) is 31.1 Å². The Hall–Kier alpha value is -3.07. The van der Waals surface area contributed by atoms with Gasteiger partial charge in [-0.05, 0) is 48.2 Å². The number of thiazole rings is 1. The average Bonchev–Trinajstić information content (AvgIpc) is 3.20. The van der Waals surface area contributed by atoms with Crippen molar-refractivity contribution in [3.05, 3.63) is 65.7 Å². The van der Waals surface area contributed by atoms with E-state index < -0.39 is 0 Å². The van der Waals surface area contributed by atoms with Crippen molar-refractivity contribution in [2.45, 2.75) is 9.50 Å². The number of methoxy groups -OCH3 is 2. The number of nitrogens with zero attached hydrogens (tertiary/aromatic N) is 3. The van der Waals surface area contributed by atoms with Gasteiger partial charge in [0.1, 0.15) is 5.82 Å². The molecular formula is C23H17ClN4O2S2. The zero-order valence-corrected chi connectivity index (χ0v) is 19.5. The summed E-state index contributed by atoms with van der Waals surface area (Å²) in [6, 6.07) is 19.2. The fourth-order valence-electron chi connectivity index (χ4n) is 3.25. The van der Waals surface area contributed by atoms with Crippen LogP contribution in [0.3, 0.4) is 0 Å². The van der Waals surface area contributed by atoms with Gasteiger partial charge >= 0.3 is 0 Å². The average molecular weight is 481 g/mol. The van der Waals surface area contributed by atoms with Gasteiger partial charge in [-0.3, -0.25) is 0 Å². The molecule has 6 nitrogen and oxygen atoms in total. The van der Waals surface area contributed by atoms with Gasteiger partial charge < -0.3 is 14.8 Å². The van der Waals surface area contributed by atoms with Crippen LogP contribution in [0.4, 0.5) is 11.5 Å². The molecule has 2 aromatic heterocycles. The van der Waals surface area contributed by atoms with Crippen molar-refractivity contribution in [2.24, 2.45) is 0 Å². The molecule has 2 heterocycles. The summed E-state index contributed by atoms with van der Waals surface area (Å²) >= 11 is 9.21. The Morgan fingerprint density at radius 2 is 1.69 bits per heavy atom. The first kappa shape index (κ1) is 20.8. The van der Waals surface area contributed by atoms with Crippen LogP contribution >= 0.6 is 34.7 Å². The van der Waals surface area contributed by atoms with E-state index in [1.54, 1.807) is 25.6 Å². The third-order valence-corrected chi connectivity index (χ3v) is 6.92. The maximum Gasteiger partial charge on any atom is 0.197 e. The van der Waals surface area contributed by atoms with Crippen LogP contribution in [0.2, 0.25) is 5.02 Å². The van der Waals surface area contributed by atoms with Crippen LogP contribution in [-0.2, 0) is 0 Å². The first-order chi connectivity index (χ1) is 15.6. The quantitative estimate of drug-likeness (QED) is 0.268. The van der Waals surface area contributed by atoms with E-state index >= 15 is 0 Å². The lowest BCUT2D eigenvalue weighted by atomic mass is 10.2. The van der Waals surface area contributed by atoms with E-state index in [2.05, 4.69) is 11.4 Å². The summed E-state index contributed by atoms with van der Waals surface area (Å²) in [5.74, 6) is 1.84. The zero-order chi connectivity index (χ0) is 22.1. The molecule has 0 aliphatic carbocycles. The number of hydrogen-bond donors (Lipinski definition) is 1. The van der Waals surface area contributed by atoms with E-state index in [0.29, 0.717) is 27.5 Å². The van der Waals surface area contributed by atoms with Crippen molar-refractivity contribution in [3.63, 3.8) is 0 Å². The molecule has 3 aromatic carbocycles. The lowest BCUT2D eigenvalue weighted by Crippen LogP contribution is -2.00. The van der Waals surface area contributed by atoms with Gasteiger partial charge in [-0.15, -0.1) is 11.3 Å². The third kappa shape index (κ3) is 4.17. The molecule has 32 heavy (non-hydrogen) atoms. The molecule has 0 amide bonds. The molecule has 0 fully saturated rings. The van der Waals surface area contributed by atoms with Crippen LogP contribution in [0.25, 0.3) is 21.1 Å². The minimum Gasteiger partial charge on any atom is -0.493 e. The van der Waals surface area contributed by atoms with E-state index in [1.165, 1.54) is 11.8 Å². The number of benzene rings is 3. The van der Waals surface area contributed by atoms with Gasteiger partial charge in [0, 0.05) is 22.2 Å². The van der Waals surface area contributed by atoms with Crippen molar-refractivity contribution in [3.8, 4) is 11.5 Å². The molecule has 0 aliphatic heterocycles. The summed E-state index contributed by atoms with van der Waals surface area (Å²) in [5, 5.41) is 5.38. The molecule has 1 N–H and O–H groups in total. The summed E-state index contributed by atoms with van der Waals surface area (Å²) in [6.45, 7) is 0. The SMILES string of the molecule is COc1cc2nc(Sc3nc4ccccc4s3)nc(Nc3cccc(Cl)c3)c2cc1OC. The van der Waals surface area contributed by atoms with E-state index in [-0.39, 0.29) is 0 Å². The molecule has 160 valence electrons. The number of aromatic nitrogens is 3. The maximum absolute atomic E-state index is 6.17. The lowest BCUT2D eigenvalue weighted by Gasteiger charge is -2.13. The maximum atomic E-state index is 6.17. The van der Waals surface area contributed by atoms with Crippen molar-refractivity contribution < 1.29 is 9.47 Å². The van der Waals surface area contributed by atoms with Crippen LogP contribution in [0, 0.1) is 0 Å². The van der Waals surface area contributed by atoms with Crippen molar-refractivity contribution >= 4 is 67.3 Å². The van der Waals surface area contributed by atoms with Crippen LogP contribution in [0.15, 0.2) is 70.2 Å². The number of nitrogens with one attached hydrogen (secondary N) is 1. The Morgan fingerprint density at radius 3 is 2.47 bits per heavy atom. The van der Waals surface area contributed by atoms with Crippen LogP contribution in [0.1, 0.15) is 0 Å². The molecule has 5 rings (SSSR count). The van der Waals surface area contributed by atoms with Crippen molar-refractivity contribution in [1.82, 2.24) is 15.0 Å². The van der Waals surface area contributed by atoms with E-state index in [9.17, 15) is 0 Å². The van der Waals surface area contributed by atoms with Gasteiger partial charge in [-0.1, -0.05) is 29.8 Å². The smallest absolute Gasteiger partial charge is 0.197 e. The first-order valence-electron chi connectivity index (χ1n) is 9.63. The van der Waals surface area contributed by atoms with Crippen LogP contribution in [0.5, 0.6) is 11.5 Å². The minimum atomic E-state index is 0.577. The number of halogens is 1. The molecule has 5 aromatic rings. The molecule has 0 saturated carbocycles. The van der Waals surface area contributed by atoms with Gasteiger partial charge in [0.25, 0.3) is 0 Å². The largest absolute Gasteiger partial charge is 0.493 e. The molecule has 0 atom stereocenters. The molecule has 0 bridgehead atoms. The molecule has 0 spiro atoms. The van der Waals surface area contributed by atoms with Gasteiger partial charge in [0.05, 0.1) is 30.0 Å². The molecule has 0 aliphatic rings. The molecule has 0 radical (unpaired) electrons. The summed E-state index contributed by atoms with van der Waals surface area (Å²) in [4.78, 5) is 14.2.